The zero-order chi connectivity index (χ0) is 15.0. The van der Waals surface area contributed by atoms with E-state index in [1.807, 2.05) is 0 Å². The fraction of sp³-hybridized carbons (Fsp3) is 0.500. The van der Waals surface area contributed by atoms with Crippen LogP contribution in [0.1, 0.15) is 18.4 Å². The summed E-state index contributed by atoms with van der Waals surface area (Å²) in [7, 11) is -3.80. The largest absolute Gasteiger partial charge is 0.396 e. The third-order valence-electron chi connectivity index (χ3n) is 3.62. The van der Waals surface area contributed by atoms with Crippen molar-refractivity contribution < 1.29 is 18.4 Å². The SMILES string of the molecule is Cc1ccc(S(=O)(=O)NCC2(CO)CC2)cc1[N+](=O)[O-]. The van der Waals surface area contributed by atoms with Gasteiger partial charge in [-0.2, -0.15) is 0 Å². The zero-order valence-electron chi connectivity index (χ0n) is 11.0. The van der Waals surface area contributed by atoms with Crippen LogP contribution in [0.15, 0.2) is 23.1 Å². The summed E-state index contributed by atoms with van der Waals surface area (Å²) < 4.78 is 26.6. The molecular formula is C12H16N2O5S. The van der Waals surface area contributed by atoms with Crippen LogP contribution >= 0.6 is 0 Å². The van der Waals surface area contributed by atoms with Crippen LogP contribution in [0.25, 0.3) is 0 Å². The van der Waals surface area contributed by atoms with Crippen molar-refractivity contribution in [1.82, 2.24) is 4.72 Å². The number of sulfonamides is 1. The average Bonchev–Trinajstić information content (AvgIpc) is 3.17. The van der Waals surface area contributed by atoms with Crippen LogP contribution in [0.5, 0.6) is 0 Å². The van der Waals surface area contributed by atoms with Gasteiger partial charge >= 0.3 is 0 Å². The highest BCUT2D eigenvalue weighted by atomic mass is 32.2. The number of nitro groups is 1. The van der Waals surface area contributed by atoms with E-state index in [2.05, 4.69) is 4.72 Å². The Morgan fingerprint density at radius 2 is 2.10 bits per heavy atom. The molecule has 2 N–H and O–H groups in total. The molecule has 0 amide bonds. The molecular weight excluding hydrogens is 284 g/mol. The van der Waals surface area contributed by atoms with Gasteiger partial charge < -0.3 is 5.11 Å². The summed E-state index contributed by atoms with van der Waals surface area (Å²) in [5.41, 5.74) is -0.178. The second-order valence-corrected chi connectivity index (χ2v) is 6.96. The predicted octanol–water partition coefficient (Wildman–Crippen LogP) is 0.954. The fourth-order valence-corrected chi connectivity index (χ4v) is 3.03. The topological polar surface area (TPSA) is 110 Å². The first-order valence-electron chi connectivity index (χ1n) is 6.15. The lowest BCUT2D eigenvalue weighted by Crippen LogP contribution is -2.32. The zero-order valence-corrected chi connectivity index (χ0v) is 11.8. The van der Waals surface area contributed by atoms with E-state index in [9.17, 15) is 18.5 Å². The molecule has 8 heteroatoms. The maximum Gasteiger partial charge on any atom is 0.273 e. The molecule has 0 bridgehead atoms. The summed E-state index contributed by atoms with van der Waals surface area (Å²) >= 11 is 0. The summed E-state index contributed by atoms with van der Waals surface area (Å²) in [6.45, 7) is 1.63. The standard InChI is InChI=1S/C12H16N2O5S/c1-9-2-3-10(6-11(9)14(16)17)20(18,19)13-7-12(8-15)4-5-12/h2-3,6,13,15H,4-5,7-8H2,1H3. The number of hydrogen-bond acceptors (Lipinski definition) is 5. The molecule has 0 unspecified atom stereocenters. The Hall–Kier alpha value is -1.51. The van der Waals surface area contributed by atoms with Gasteiger partial charge in [0.25, 0.3) is 5.69 Å². The summed E-state index contributed by atoms with van der Waals surface area (Å²) in [6.07, 6.45) is 1.56. The van der Waals surface area contributed by atoms with Crippen molar-refractivity contribution in [3.8, 4) is 0 Å². The minimum absolute atomic E-state index is 0.0659. The molecule has 1 aliphatic rings. The van der Waals surface area contributed by atoms with Crippen LogP contribution in [-0.4, -0.2) is 31.6 Å². The van der Waals surface area contributed by atoms with Gasteiger partial charge in [0.2, 0.25) is 10.0 Å². The van der Waals surface area contributed by atoms with E-state index in [0.29, 0.717) is 5.56 Å². The Morgan fingerprint density at radius 1 is 1.45 bits per heavy atom. The summed E-state index contributed by atoms with van der Waals surface area (Å²) in [4.78, 5) is 10.1. The van der Waals surface area contributed by atoms with E-state index in [1.54, 1.807) is 6.92 Å². The molecule has 2 rings (SSSR count). The molecule has 1 aromatic carbocycles. The van der Waals surface area contributed by atoms with Gasteiger partial charge in [0.1, 0.15) is 0 Å². The Bertz CT molecular complexity index is 637. The molecule has 0 aliphatic heterocycles. The van der Waals surface area contributed by atoms with Crippen LogP contribution in [0, 0.1) is 22.5 Å². The predicted molar refractivity (Wildman–Crippen MR) is 71.8 cm³/mol. The van der Waals surface area contributed by atoms with Gasteiger partial charge in [-0.1, -0.05) is 6.07 Å². The lowest BCUT2D eigenvalue weighted by Gasteiger charge is -2.13. The lowest BCUT2D eigenvalue weighted by molar-refractivity contribution is -0.385. The van der Waals surface area contributed by atoms with Gasteiger partial charge in [0.05, 0.1) is 9.82 Å². The molecule has 1 aliphatic carbocycles. The second kappa shape index (κ2) is 5.12. The summed E-state index contributed by atoms with van der Waals surface area (Å²) in [5.74, 6) is 0. The van der Waals surface area contributed by atoms with E-state index in [4.69, 9.17) is 5.11 Å². The molecule has 0 atom stereocenters. The monoisotopic (exact) mass is 300 g/mol. The smallest absolute Gasteiger partial charge is 0.273 e. The molecule has 1 saturated carbocycles. The number of nitrogens with zero attached hydrogens (tertiary/aromatic N) is 1. The van der Waals surface area contributed by atoms with E-state index in [-0.39, 0.29) is 29.1 Å². The third kappa shape index (κ3) is 2.97. The number of hydrogen-bond donors (Lipinski definition) is 2. The van der Waals surface area contributed by atoms with Gasteiger partial charge in [0, 0.05) is 30.2 Å². The van der Waals surface area contributed by atoms with Crippen molar-refractivity contribution in [3.63, 3.8) is 0 Å². The number of aliphatic hydroxyl groups excluding tert-OH is 1. The second-order valence-electron chi connectivity index (χ2n) is 5.19. The van der Waals surface area contributed by atoms with Gasteiger partial charge in [-0.05, 0) is 25.8 Å². The van der Waals surface area contributed by atoms with Crippen LogP contribution in [0.4, 0.5) is 5.69 Å². The molecule has 7 nitrogen and oxygen atoms in total. The number of nitro benzene ring substituents is 1. The lowest BCUT2D eigenvalue weighted by atomic mass is 10.1. The third-order valence-corrected chi connectivity index (χ3v) is 5.02. The van der Waals surface area contributed by atoms with E-state index < -0.39 is 14.9 Å². The first kappa shape index (κ1) is 14.9. The normalized spacial score (nSPS) is 16.9. The van der Waals surface area contributed by atoms with E-state index in [1.165, 1.54) is 12.1 Å². The minimum Gasteiger partial charge on any atom is -0.396 e. The quantitative estimate of drug-likeness (QED) is 0.600. The van der Waals surface area contributed by atoms with E-state index >= 15 is 0 Å². The number of nitrogens with one attached hydrogen (secondary N) is 1. The minimum atomic E-state index is -3.80. The van der Waals surface area contributed by atoms with Crippen LogP contribution < -0.4 is 4.72 Å². The van der Waals surface area contributed by atoms with Crippen molar-refractivity contribution in [1.29, 1.82) is 0 Å². The van der Waals surface area contributed by atoms with Gasteiger partial charge in [-0.25, -0.2) is 13.1 Å². The molecule has 20 heavy (non-hydrogen) atoms. The fourth-order valence-electron chi connectivity index (χ4n) is 1.85. The first-order chi connectivity index (χ1) is 9.30. The van der Waals surface area contributed by atoms with Crippen molar-refractivity contribution in [2.75, 3.05) is 13.2 Å². The molecule has 0 radical (unpaired) electrons. The molecule has 1 fully saturated rings. The molecule has 0 saturated heterocycles. The van der Waals surface area contributed by atoms with Crippen molar-refractivity contribution >= 4 is 15.7 Å². The van der Waals surface area contributed by atoms with Crippen LogP contribution in [-0.2, 0) is 10.0 Å². The summed E-state index contributed by atoms with van der Waals surface area (Å²) in [6, 6.07) is 3.80. The Morgan fingerprint density at radius 3 is 2.60 bits per heavy atom. The van der Waals surface area contributed by atoms with Crippen molar-refractivity contribution in [3.05, 3.63) is 33.9 Å². The highest BCUT2D eigenvalue weighted by molar-refractivity contribution is 7.89. The van der Waals surface area contributed by atoms with Crippen LogP contribution in [0.2, 0.25) is 0 Å². The summed E-state index contributed by atoms with van der Waals surface area (Å²) in [5, 5.41) is 20.0. The maximum atomic E-state index is 12.1. The molecule has 0 heterocycles. The molecule has 1 aromatic rings. The number of aliphatic hydroxyl groups is 1. The highest BCUT2D eigenvalue weighted by Crippen LogP contribution is 2.44. The average molecular weight is 300 g/mol. The number of rotatable bonds is 6. The van der Waals surface area contributed by atoms with Crippen LogP contribution in [0.3, 0.4) is 0 Å². The Balaban J connectivity index is 2.21. The van der Waals surface area contributed by atoms with Crippen molar-refractivity contribution in [2.45, 2.75) is 24.7 Å². The molecule has 0 aromatic heterocycles. The Labute approximate surface area is 116 Å². The van der Waals surface area contributed by atoms with Gasteiger partial charge in [-0.15, -0.1) is 0 Å². The van der Waals surface area contributed by atoms with Crippen molar-refractivity contribution in [2.24, 2.45) is 5.41 Å². The molecule has 110 valence electrons. The van der Waals surface area contributed by atoms with E-state index in [0.717, 1.165) is 18.9 Å². The number of aryl methyl sites for hydroxylation is 1. The van der Waals surface area contributed by atoms with Gasteiger partial charge in [-0.3, -0.25) is 10.1 Å². The highest BCUT2D eigenvalue weighted by Gasteiger charge is 2.42. The number of benzene rings is 1. The van der Waals surface area contributed by atoms with Gasteiger partial charge in [0.15, 0.2) is 0 Å². The molecule has 0 spiro atoms. The maximum absolute atomic E-state index is 12.1. The Kier molecular flexibility index (Phi) is 3.81. The first-order valence-corrected chi connectivity index (χ1v) is 7.64.